The van der Waals surface area contributed by atoms with E-state index in [1.165, 1.54) is 26.8 Å². The second-order valence-electron chi connectivity index (χ2n) is 7.01. The fraction of sp³-hybridized carbons (Fsp3) is 0.250. The predicted octanol–water partition coefficient (Wildman–Crippen LogP) is 2.99. The maximum atomic E-state index is 12.4. The van der Waals surface area contributed by atoms with Gasteiger partial charge in [0.15, 0.2) is 11.9 Å². The largest absolute Gasteiger partial charge is 0.497 e. The zero-order chi connectivity index (χ0) is 23.7. The third-order valence-corrected chi connectivity index (χ3v) is 4.48. The lowest BCUT2D eigenvalue weighted by Gasteiger charge is -2.17. The van der Waals surface area contributed by atoms with E-state index in [1.54, 1.807) is 61.7 Å². The molecule has 0 fully saturated rings. The molecule has 0 aliphatic heterocycles. The van der Waals surface area contributed by atoms with E-state index in [1.807, 2.05) is 0 Å². The Morgan fingerprint density at radius 1 is 0.969 bits per heavy atom. The first-order valence-corrected chi connectivity index (χ1v) is 9.95. The first-order valence-electron chi connectivity index (χ1n) is 9.95. The van der Waals surface area contributed by atoms with Gasteiger partial charge in [0.05, 0.1) is 12.8 Å². The smallest absolute Gasteiger partial charge is 0.329 e. The molecule has 2 rings (SSSR count). The number of hydrogen-bond donors (Lipinski definition) is 2. The molecule has 2 amide bonds. The summed E-state index contributed by atoms with van der Waals surface area (Å²) < 4.78 is 10.2. The van der Waals surface area contributed by atoms with Crippen LogP contribution in [0.4, 0.5) is 5.69 Å². The minimum absolute atomic E-state index is 0.204. The highest BCUT2D eigenvalue weighted by atomic mass is 16.5. The molecule has 8 heteroatoms. The Balaban J connectivity index is 1.87. The minimum Gasteiger partial charge on any atom is -0.497 e. The van der Waals surface area contributed by atoms with Gasteiger partial charge in [0.25, 0.3) is 5.91 Å². The Labute approximate surface area is 186 Å². The second kappa shape index (κ2) is 11.5. The van der Waals surface area contributed by atoms with Crippen LogP contribution in [0.1, 0.15) is 36.7 Å². The van der Waals surface area contributed by atoms with Crippen molar-refractivity contribution in [2.75, 3.05) is 12.4 Å². The summed E-state index contributed by atoms with van der Waals surface area (Å²) in [5, 5.41) is 5.07. The normalized spacial score (nSPS) is 12.5. The summed E-state index contributed by atoms with van der Waals surface area (Å²) in [4.78, 5) is 48.4. The van der Waals surface area contributed by atoms with E-state index in [4.69, 9.17) is 9.47 Å². The Morgan fingerprint density at radius 3 is 2.25 bits per heavy atom. The number of amides is 2. The number of ether oxygens (including phenoxy) is 2. The van der Waals surface area contributed by atoms with Gasteiger partial charge in [-0.25, -0.2) is 4.79 Å². The molecule has 0 heterocycles. The van der Waals surface area contributed by atoms with Crippen LogP contribution in [0.2, 0.25) is 0 Å². The molecule has 0 saturated carbocycles. The topological polar surface area (TPSA) is 111 Å². The third-order valence-electron chi connectivity index (χ3n) is 4.48. The van der Waals surface area contributed by atoms with Gasteiger partial charge in [0.1, 0.15) is 11.8 Å². The molecule has 0 aromatic heterocycles. The van der Waals surface area contributed by atoms with Gasteiger partial charge < -0.3 is 20.1 Å². The van der Waals surface area contributed by atoms with E-state index in [9.17, 15) is 19.2 Å². The number of nitrogens with one attached hydrogen (secondary N) is 2. The van der Waals surface area contributed by atoms with Gasteiger partial charge in [-0.1, -0.05) is 24.3 Å². The number of anilines is 1. The van der Waals surface area contributed by atoms with Crippen molar-refractivity contribution in [3.63, 3.8) is 0 Å². The van der Waals surface area contributed by atoms with E-state index in [-0.39, 0.29) is 5.78 Å². The number of rotatable bonds is 9. The summed E-state index contributed by atoms with van der Waals surface area (Å²) in [5.41, 5.74) is 1.47. The Hall–Kier alpha value is -3.94. The molecule has 2 N–H and O–H groups in total. The van der Waals surface area contributed by atoms with Crippen molar-refractivity contribution < 1.29 is 28.7 Å². The zero-order valence-electron chi connectivity index (χ0n) is 18.4. The van der Waals surface area contributed by atoms with Crippen molar-refractivity contribution in [3.05, 3.63) is 65.7 Å². The fourth-order valence-corrected chi connectivity index (χ4v) is 2.67. The quantitative estimate of drug-likeness (QED) is 0.354. The molecule has 8 nitrogen and oxygen atoms in total. The molecule has 168 valence electrons. The third kappa shape index (κ3) is 7.09. The van der Waals surface area contributed by atoms with Gasteiger partial charge in [-0.05, 0) is 56.7 Å². The van der Waals surface area contributed by atoms with Gasteiger partial charge in [0, 0.05) is 11.6 Å². The lowest BCUT2D eigenvalue weighted by molar-refractivity contribution is -0.155. The number of methoxy groups -OCH3 is 1. The van der Waals surface area contributed by atoms with Gasteiger partial charge in [-0.15, -0.1) is 0 Å². The number of ketones is 1. The standard InChI is InChI=1S/C24H26N2O6/c1-15(25-22(28)14-11-18-9-12-19(31-4)13-10-18)24(30)32-17(3)23(29)26-21-8-6-5-7-20(21)16(2)27/h5-15,17H,1-4H3,(H,25,28)(H,26,29)/b14-11+/t15-,17?/m0/s1. The Kier molecular flexibility index (Phi) is 8.71. The lowest BCUT2D eigenvalue weighted by Crippen LogP contribution is -2.41. The van der Waals surface area contributed by atoms with E-state index < -0.39 is 29.9 Å². The molecule has 0 spiro atoms. The number of esters is 1. The first kappa shape index (κ1) is 24.3. The van der Waals surface area contributed by atoms with Crippen LogP contribution in [-0.4, -0.2) is 42.8 Å². The van der Waals surface area contributed by atoms with E-state index in [0.29, 0.717) is 17.0 Å². The fourth-order valence-electron chi connectivity index (χ4n) is 2.67. The molecule has 0 bridgehead atoms. The summed E-state index contributed by atoms with van der Waals surface area (Å²) in [5.74, 6) is -1.35. The van der Waals surface area contributed by atoms with Crippen LogP contribution < -0.4 is 15.4 Å². The zero-order valence-corrected chi connectivity index (χ0v) is 18.4. The summed E-state index contributed by atoms with van der Waals surface area (Å²) in [6.07, 6.45) is 1.76. The maximum absolute atomic E-state index is 12.4. The van der Waals surface area contributed by atoms with Crippen LogP contribution >= 0.6 is 0 Å². The molecule has 0 radical (unpaired) electrons. The Bertz CT molecular complexity index is 1010. The van der Waals surface area contributed by atoms with Crippen LogP contribution in [0.3, 0.4) is 0 Å². The molecule has 0 saturated heterocycles. The number of carbonyl (C=O) groups excluding carboxylic acids is 4. The molecule has 0 aliphatic rings. The molecule has 0 aliphatic carbocycles. The molecule has 1 unspecified atom stereocenters. The van der Waals surface area contributed by atoms with Crippen LogP contribution in [0.5, 0.6) is 5.75 Å². The van der Waals surface area contributed by atoms with Crippen molar-refractivity contribution in [3.8, 4) is 5.75 Å². The predicted molar refractivity (Wildman–Crippen MR) is 120 cm³/mol. The molecular weight excluding hydrogens is 412 g/mol. The lowest BCUT2D eigenvalue weighted by atomic mass is 10.1. The van der Waals surface area contributed by atoms with Crippen LogP contribution in [-0.2, 0) is 19.1 Å². The van der Waals surface area contributed by atoms with Gasteiger partial charge >= 0.3 is 5.97 Å². The number of para-hydroxylation sites is 1. The molecule has 2 aromatic rings. The number of hydrogen-bond acceptors (Lipinski definition) is 6. The van der Waals surface area contributed by atoms with Crippen molar-refractivity contribution in [2.45, 2.75) is 32.9 Å². The van der Waals surface area contributed by atoms with Crippen molar-refractivity contribution in [2.24, 2.45) is 0 Å². The molecule has 2 aromatic carbocycles. The summed E-state index contributed by atoms with van der Waals surface area (Å²) in [7, 11) is 1.56. The molecular formula is C24H26N2O6. The number of Topliss-reactive ketones (excluding diaryl/α,β-unsaturated/α-hetero) is 1. The SMILES string of the molecule is COc1ccc(/C=C/C(=O)N[C@@H](C)C(=O)OC(C)C(=O)Nc2ccccc2C(C)=O)cc1. The highest BCUT2D eigenvalue weighted by Gasteiger charge is 2.23. The van der Waals surface area contributed by atoms with Crippen LogP contribution in [0.15, 0.2) is 54.6 Å². The van der Waals surface area contributed by atoms with Gasteiger partial charge in [0.2, 0.25) is 5.91 Å². The van der Waals surface area contributed by atoms with E-state index in [0.717, 1.165) is 5.56 Å². The highest BCUT2D eigenvalue weighted by Crippen LogP contribution is 2.16. The van der Waals surface area contributed by atoms with Crippen LogP contribution in [0.25, 0.3) is 6.08 Å². The summed E-state index contributed by atoms with van der Waals surface area (Å²) >= 11 is 0. The van der Waals surface area contributed by atoms with E-state index >= 15 is 0 Å². The monoisotopic (exact) mass is 438 g/mol. The average molecular weight is 438 g/mol. The van der Waals surface area contributed by atoms with Crippen LogP contribution in [0, 0.1) is 0 Å². The summed E-state index contributed by atoms with van der Waals surface area (Å²) in [6, 6.07) is 12.7. The maximum Gasteiger partial charge on any atom is 0.329 e. The van der Waals surface area contributed by atoms with Crippen molar-refractivity contribution in [1.29, 1.82) is 0 Å². The highest BCUT2D eigenvalue weighted by molar-refractivity contribution is 6.05. The molecule has 32 heavy (non-hydrogen) atoms. The molecule has 2 atom stereocenters. The van der Waals surface area contributed by atoms with Crippen molar-refractivity contribution in [1.82, 2.24) is 5.32 Å². The van der Waals surface area contributed by atoms with Gasteiger partial charge in [-0.2, -0.15) is 0 Å². The second-order valence-corrected chi connectivity index (χ2v) is 7.01. The summed E-state index contributed by atoms with van der Waals surface area (Å²) in [6.45, 7) is 4.25. The average Bonchev–Trinajstić information content (AvgIpc) is 2.78. The van der Waals surface area contributed by atoms with Crippen molar-refractivity contribution >= 4 is 35.3 Å². The Morgan fingerprint density at radius 2 is 1.62 bits per heavy atom. The number of benzene rings is 2. The minimum atomic E-state index is -1.13. The van der Waals surface area contributed by atoms with E-state index in [2.05, 4.69) is 10.6 Å². The van der Waals surface area contributed by atoms with Gasteiger partial charge in [-0.3, -0.25) is 14.4 Å². The first-order chi connectivity index (χ1) is 15.2. The number of carbonyl (C=O) groups is 4.